The van der Waals surface area contributed by atoms with Gasteiger partial charge in [-0.1, -0.05) is 13.8 Å². The molecule has 0 aliphatic heterocycles. The zero-order valence-electron chi connectivity index (χ0n) is 35.7. The van der Waals surface area contributed by atoms with Gasteiger partial charge in [-0.25, -0.2) is 0 Å². The number of Topliss-reactive ketones (excluding diaryl/α,β-unsaturated/α-hetero) is 3. The Kier molecular flexibility index (Phi) is 22.0. The van der Waals surface area contributed by atoms with E-state index in [0.717, 1.165) is 63.2 Å². The third kappa shape index (κ3) is 13.9. The van der Waals surface area contributed by atoms with Crippen molar-refractivity contribution < 1.29 is 101 Å². The van der Waals surface area contributed by atoms with Gasteiger partial charge in [0.05, 0.1) is 59.7 Å². The Bertz CT molecular complexity index is 1570. The average molecular weight is 861 g/mol. The van der Waals surface area contributed by atoms with Crippen molar-refractivity contribution in [3.63, 3.8) is 0 Å². The molecule has 0 aliphatic rings. The summed E-state index contributed by atoms with van der Waals surface area (Å²) in [6, 6.07) is 0. The summed E-state index contributed by atoms with van der Waals surface area (Å²) in [5.74, 6) is -14.2. The van der Waals surface area contributed by atoms with Crippen molar-refractivity contribution in [1.29, 1.82) is 0 Å². The summed E-state index contributed by atoms with van der Waals surface area (Å²) in [4.78, 5) is 152. The topological polar surface area (TPSA) is 299 Å². The number of hydrogen-bond donors (Lipinski definition) is 1. The highest BCUT2D eigenvalue weighted by Gasteiger charge is 2.53. The summed E-state index contributed by atoms with van der Waals surface area (Å²) in [5, 5.41) is 9.30. The van der Waals surface area contributed by atoms with Crippen LogP contribution >= 0.6 is 0 Å². The van der Waals surface area contributed by atoms with Gasteiger partial charge in [-0.2, -0.15) is 0 Å². The highest BCUT2D eigenvalue weighted by Crippen LogP contribution is 2.38. The lowest BCUT2D eigenvalue weighted by Gasteiger charge is -2.35. The molecule has 60 heavy (non-hydrogen) atoms. The number of rotatable bonds is 28. The molecule has 0 radical (unpaired) electrons. The third-order valence-corrected chi connectivity index (χ3v) is 10.7. The lowest BCUT2D eigenvalue weighted by Crippen LogP contribution is -2.49. The van der Waals surface area contributed by atoms with Gasteiger partial charge in [-0.15, -0.1) is 0 Å². The Morgan fingerprint density at radius 3 is 1.18 bits per heavy atom. The van der Waals surface area contributed by atoms with Crippen molar-refractivity contribution in [2.75, 3.05) is 55.4 Å². The smallest absolute Gasteiger partial charge is 0.320 e. The van der Waals surface area contributed by atoms with E-state index in [2.05, 4.69) is 9.47 Å². The van der Waals surface area contributed by atoms with E-state index in [0.29, 0.717) is 0 Å². The zero-order valence-corrected chi connectivity index (χ0v) is 35.7. The molecule has 0 saturated carbocycles. The molecule has 21 heteroatoms. The van der Waals surface area contributed by atoms with Crippen LogP contribution in [0.2, 0.25) is 0 Å². The summed E-state index contributed by atoms with van der Waals surface area (Å²) < 4.78 is 39.9. The van der Waals surface area contributed by atoms with E-state index in [1.54, 1.807) is 0 Å². The van der Waals surface area contributed by atoms with Crippen molar-refractivity contribution >= 4 is 71.1 Å². The van der Waals surface area contributed by atoms with Crippen LogP contribution in [0.1, 0.15) is 92.4 Å². The molecule has 1 N–H and O–H groups in total. The maximum atomic E-state index is 13.6. The largest absolute Gasteiger partial charge is 0.481 e. The molecular formula is C39H56O21. The van der Waals surface area contributed by atoms with Crippen LogP contribution in [0.15, 0.2) is 0 Å². The number of carboxylic acid groups (broad SMARTS) is 1. The van der Waals surface area contributed by atoms with Gasteiger partial charge >= 0.3 is 53.7 Å². The molecule has 4 unspecified atom stereocenters. The molecule has 0 aromatic heterocycles. The second kappa shape index (κ2) is 24.4. The number of ether oxygens (including phenoxy) is 8. The van der Waals surface area contributed by atoms with Gasteiger partial charge < -0.3 is 43.0 Å². The minimum absolute atomic E-state index is 0.0904. The highest BCUT2D eigenvalue weighted by atomic mass is 16.6. The summed E-state index contributed by atoms with van der Waals surface area (Å²) in [7, 11) is 4.93. The number of ketones is 3. The predicted molar refractivity (Wildman–Crippen MR) is 199 cm³/mol. The van der Waals surface area contributed by atoms with E-state index in [-0.39, 0.29) is 6.42 Å². The molecule has 21 nitrogen and oxygen atoms in total. The molecule has 0 aromatic carbocycles. The molecule has 0 saturated heterocycles. The highest BCUT2D eigenvalue weighted by molar-refractivity contribution is 6.07. The minimum Gasteiger partial charge on any atom is -0.481 e. The van der Waals surface area contributed by atoms with Gasteiger partial charge in [0.25, 0.3) is 0 Å². The number of methoxy groups -OCH3 is 5. The van der Waals surface area contributed by atoms with E-state index in [4.69, 9.17) is 28.4 Å². The summed E-state index contributed by atoms with van der Waals surface area (Å²) in [6.45, 7) is 3.56. The number of hydrogen-bond acceptors (Lipinski definition) is 20. The fourth-order valence-corrected chi connectivity index (χ4v) is 6.27. The van der Waals surface area contributed by atoms with E-state index >= 15 is 0 Å². The number of carboxylic acids is 1. The van der Waals surface area contributed by atoms with Gasteiger partial charge in [0.1, 0.15) is 53.4 Å². The molecule has 0 heterocycles. The molecule has 0 aromatic rings. The normalized spacial score (nSPS) is 15.3. The molecule has 0 aliphatic carbocycles. The van der Waals surface area contributed by atoms with Gasteiger partial charge in [-0.05, 0) is 46.5 Å². The van der Waals surface area contributed by atoms with Crippen LogP contribution in [0.4, 0.5) is 0 Å². The first kappa shape index (κ1) is 54.2. The Morgan fingerprint density at radius 2 is 0.883 bits per heavy atom. The van der Waals surface area contributed by atoms with Gasteiger partial charge in [-0.3, -0.25) is 57.5 Å². The Hall–Kier alpha value is -5.76. The minimum atomic E-state index is -2.29. The van der Waals surface area contributed by atoms with Gasteiger partial charge in [0.2, 0.25) is 0 Å². The SMILES string of the molecule is CCC(COC(=O)CCC(CC(=O)OC)(C(C)=O)C(=O)OC)(COC(=O)CCC(CC(=O)OC)(C(C)=O)C(=O)OC)COC(=O)C(C)C(CCC(=O)O)(C(C)=O)C(=O)OC. The average Bonchev–Trinajstić information content (AvgIpc) is 3.21. The number of esters is 8. The monoisotopic (exact) mass is 860 g/mol. The first-order valence-corrected chi connectivity index (χ1v) is 18.5. The first-order valence-electron chi connectivity index (χ1n) is 18.5. The van der Waals surface area contributed by atoms with E-state index in [1.807, 2.05) is 0 Å². The second-order valence-electron chi connectivity index (χ2n) is 14.2. The Balaban J connectivity index is 6.77. The van der Waals surface area contributed by atoms with Crippen LogP contribution in [0.25, 0.3) is 0 Å². The third-order valence-electron chi connectivity index (χ3n) is 10.7. The standard InChI is InChI=1S/C39H56O21/c1-11-36(20-58-28(45)13-15-37(24(3)40,33(50)55-8)18-30(47)53-6,21-59-29(46)14-16-38(25(4)41,34(51)56-9)19-31(48)54-7)22-60-32(49)23(2)39(26(5)42,35(52)57-10)17-12-27(43)44/h23H,11-22H2,1-10H3,(H,43,44). The van der Waals surface area contributed by atoms with Crippen LogP contribution in [0.3, 0.4) is 0 Å². The van der Waals surface area contributed by atoms with Crippen LogP contribution in [-0.2, 0) is 95.4 Å². The van der Waals surface area contributed by atoms with E-state index in [1.165, 1.54) is 6.92 Å². The number of aliphatic carboxylic acids is 1. The summed E-state index contributed by atoms with van der Waals surface area (Å²) in [6.07, 6.45) is -5.38. The fourth-order valence-electron chi connectivity index (χ4n) is 6.27. The summed E-state index contributed by atoms with van der Waals surface area (Å²) in [5.41, 5.74) is -8.16. The van der Waals surface area contributed by atoms with Crippen molar-refractivity contribution in [2.45, 2.75) is 92.4 Å². The molecule has 0 bridgehead atoms. The summed E-state index contributed by atoms with van der Waals surface area (Å²) >= 11 is 0. The van der Waals surface area contributed by atoms with E-state index in [9.17, 15) is 62.6 Å². The maximum Gasteiger partial charge on any atom is 0.320 e. The van der Waals surface area contributed by atoms with Crippen LogP contribution < -0.4 is 0 Å². The molecule has 4 atom stereocenters. The number of carbonyl (C=O) groups excluding carboxylic acids is 11. The zero-order chi connectivity index (χ0) is 46.6. The lowest BCUT2D eigenvalue weighted by atomic mass is 9.70. The Morgan fingerprint density at radius 1 is 0.500 bits per heavy atom. The number of carbonyl (C=O) groups is 12. The second-order valence-corrected chi connectivity index (χ2v) is 14.2. The molecule has 0 fully saturated rings. The quantitative estimate of drug-likeness (QED) is 0.0661. The van der Waals surface area contributed by atoms with Crippen LogP contribution in [0.5, 0.6) is 0 Å². The predicted octanol–water partition coefficient (Wildman–Crippen LogP) is 1.45. The molecule has 0 spiro atoms. The van der Waals surface area contributed by atoms with Crippen molar-refractivity contribution in [1.82, 2.24) is 0 Å². The first-order chi connectivity index (χ1) is 27.9. The van der Waals surface area contributed by atoms with Crippen molar-refractivity contribution in [2.24, 2.45) is 27.6 Å². The maximum absolute atomic E-state index is 13.6. The van der Waals surface area contributed by atoms with Crippen LogP contribution in [0, 0.1) is 27.6 Å². The Labute approximate surface area is 346 Å². The molecule has 0 amide bonds. The van der Waals surface area contributed by atoms with Crippen molar-refractivity contribution in [3.8, 4) is 0 Å². The lowest BCUT2D eigenvalue weighted by molar-refractivity contribution is -0.177. The van der Waals surface area contributed by atoms with Crippen molar-refractivity contribution in [3.05, 3.63) is 0 Å². The molecule has 0 rings (SSSR count). The fraction of sp³-hybridized carbons (Fsp3) is 0.692. The molecular weight excluding hydrogens is 804 g/mol. The van der Waals surface area contributed by atoms with Crippen LogP contribution in [-0.4, -0.2) is 132 Å². The van der Waals surface area contributed by atoms with E-state index < -0.39 is 170 Å². The van der Waals surface area contributed by atoms with Gasteiger partial charge in [0, 0.05) is 19.3 Å². The van der Waals surface area contributed by atoms with Gasteiger partial charge in [0.15, 0.2) is 0 Å². The molecule has 338 valence electrons.